The first-order valence-corrected chi connectivity index (χ1v) is 6.76. The average molecular weight is 244 g/mol. The minimum absolute atomic E-state index is 0.137. The highest BCUT2D eigenvalue weighted by Gasteiger charge is 2.32. The standard InChI is InChI=1S/C10H16N2O3S/c1-12(9-3-2-4-9)16(14,15)10-5-8(7-13)11-6-10/h5-6,9,11,13H,2-4,7H2,1H3. The minimum Gasteiger partial charge on any atom is -0.390 e. The van der Waals surface area contributed by atoms with Crippen molar-refractivity contribution in [1.82, 2.24) is 9.29 Å². The Kier molecular flexibility index (Phi) is 3.05. The number of hydrogen-bond donors (Lipinski definition) is 2. The molecule has 6 heteroatoms. The molecule has 1 heterocycles. The Morgan fingerprint density at radius 2 is 2.25 bits per heavy atom. The number of sulfonamides is 1. The molecule has 90 valence electrons. The summed E-state index contributed by atoms with van der Waals surface area (Å²) in [5, 5.41) is 8.88. The molecule has 0 saturated heterocycles. The van der Waals surface area contributed by atoms with Crippen molar-refractivity contribution < 1.29 is 13.5 Å². The molecule has 1 aromatic heterocycles. The van der Waals surface area contributed by atoms with Crippen molar-refractivity contribution in [1.29, 1.82) is 0 Å². The van der Waals surface area contributed by atoms with E-state index in [4.69, 9.17) is 5.11 Å². The van der Waals surface area contributed by atoms with E-state index in [9.17, 15) is 8.42 Å². The number of nitrogens with zero attached hydrogens (tertiary/aromatic N) is 1. The lowest BCUT2D eigenvalue weighted by atomic mass is 9.94. The first-order valence-electron chi connectivity index (χ1n) is 5.32. The molecule has 0 unspecified atom stereocenters. The van der Waals surface area contributed by atoms with Crippen LogP contribution in [0.3, 0.4) is 0 Å². The summed E-state index contributed by atoms with van der Waals surface area (Å²) >= 11 is 0. The number of aliphatic hydroxyl groups is 1. The highest BCUT2D eigenvalue weighted by atomic mass is 32.2. The molecular formula is C10H16N2O3S. The predicted octanol–water partition coefficient (Wildman–Crippen LogP) is 0.680. The van der Waals surface area contributed by atoms with E-state index in [-0.39, 0.29) is 17.5 Å². The molecule has 0 spiro atoms. The van der Waals surface area contributed by atoms with Crippen LogP contribution in [0.25, 0.3) is 0 Å². The normalized spacial score (nSPS) is 17.7. The van der Waals surface area contributed by atoms with Crippen LogP contribution in [0.5, 0.6) is 0 Å². The van der Waals surface area contributed by atoms with Crippen molar-refractivity contribution in [2.45, 2.75) is 36.8 Å². The molecule has 1 aromatic rings. The van der Waals surface area contributed by atoms with E-state index in [0.29, 0.717) is 5.69 Å². The second-order valence-electron chi connectivity index (χ2n) is 4.12. The largest absolute Gasteiger partial charge is 0.390 e. The Morgan fingerprint density at radius 1 is 1.56 bits per heavy atom. The van der Waals surface area contributed by atoms with E-state index in [1.54, 1.807) is 7.05 Å². The summed E-state index contributed by atoms with van der Waals surface area (Å²) < 4.78 is 25.7. The molecule has 1 saturated carbocycles. The van der Waals surface area contributed by atoms with Gasteiger partial charge in [0.05, 0.1) is 11.5 Å². The molecule has 1 aliphatic rings. The van der Waals surface area contributed by atoms with E-state index >= 15 is 0 Å². The van der Waals surface area contributed by atoms with Gasteiger partial charge in [-0.25, -0.2) is 8.42 Å². The van der Waals surface area contributed by atoms with Gasteiger partial charge in [0.2, 0.25) is 10.0 Å². The van der Waals surface area contributed by atoms with Gasteiger partial charge in [-0.05, 0) is 18.9 Å². The highest BCUT2D eigenvalue weighted by molar-refractivity contribution is 7.89. The second-order valence-corrected chi connectivity index (χ2v) is 6.12. The van der Waals surface area contributed by atoms with Gasteiger partial charge < -0.3 is 10.1 Å². The van der Waals surface area contributed by atoms with Gasteiger partial charge >= 0.3 is 0 Å². The molecule has 5 nitrogen and oxygen atoms in total. The fourth-order valence-corrected chi connectivity index (χ4v) is 3.21. The van der Waals surface area contributed by atoms with Crippen LogP contribution in [0.1, 0.15) is 25.0 Å². The van der Waals surface area contributed by atoms with Crippen molar-refractivity contribution >= 4 is 10.0 Å². The Hall–Kier alpha value is -0.850. The molecule has 0 aromatic carbocycles. The smallest absolute Gasteiger partial charge is 0.244 e. The monoisotopic (exact) mass is 244 g/mol. The summed E-state index contributed by atoms with van der Waals surface area (Å²) in [6, 6.07) is 1.61. The Labute approximate surface area is 95.1 Å². The number of rotatable bonds is 4. The summed E-state index contributed by atoms with van der Waals surface area (Å²) in [7, 11) is -1.78. The van der Waals surface area contributed by atoms with Gasteiger partial charge in [0.15, 0.2) is 0 Å². The highest BCUT2D eigenvalue weighted by Crippen LogP contribution is 2.28. The summed E-state index contributed by atoms with van der Waals surface area (Å²) in [5.41, 5.74) is 0.514. The van der Waals surface area contributed by atoms with Gasteiger partial charge in [-0.3, -0.25) is 0 Å². The maximum atomic E-state index is 12.1. The number of nitrogens with one attached hydrogen (secondary N) is 1. The van der Waals surface area contributed by atoms with Crippen LogP contribution in [0.15, 0.2) is 17.2 Å². The number of H-pyrrole nitrogens is 1. The lowest BCUT2D eigenvalue weighted by molar-refractivity contribution is 0.249. The quantitative estimate of drug-likeness (QED) is 0.818. The van der Waals surface area contributed by atoms with Crippen LogP contribution in [0.4, 0.5) is 0 Å². The van der Waals surface area contributed by atoms with Gasteiger partial charge in [-0.2, -0.15) is 4.31 Å². The maximum absolute atomic E-state index is 12.1. The van der Waals surface area contributed by atoms with Crippen molar-refractivity contribution in [2.75, 3.05) is 7.05 Å². The van der Waals surface area contributed by atoms with Gasteiger partial charge in [-0.1, -0.05) is 6.42 Å². The SMILES string of the molecule is CN(C1CCC1)S(=O)(=O)c1c[nH]c(CO)c1. The third-order valence-corrected chi connectivity index (χ3v) is 5.04. The van der Waals surface area contributed by atoms with E-state index in [1.165, 1.54) is 16.6 Å². The summed E-state index contributed by atoms with van der Waals surface area (Å²) in [4.78, 5) is 2.96. The van der Waals surface area contributed by atoms with Gasteiger partial charge in [0, 0.05) is 25.0 Å². The minimum atomic E-state index is -3.40. The fourth-order valence-electron chi connectivity index (χ4n) is 1.77. The predicted molar refractivity (Wildman–Crippen MR) is 59.3 cm³/mol. The molecule has 0 radical (unpaired) electrons. The lowest BCUT2D eigenvalue weighted by Crippen LogP contribution is -2.41. The van der Waals surface area contributed by atoms with Gasteiger partial charge in [-0.15, -0.1) is 0 Å². The van der Waals surface area contributed by atoms with Crippen molar-refractivity contribution in [3.8, 4) is 0 Å². The number of aliphatic hydroxyl groups excluding tert-OH is 1. The van der Waals surface area contributed by atoms with Crippen LogP contribution >= 0.6 is 0 Å². The molecule has 0 atom stereocenters. The van der Waals surface area contributed by atoms with E-state index in [0.717, 1.165) is 19.3 Å². The van der Waals surface area contributed by atoms with Crippen LogP contribution in [0, 0.1) is 0 Å². The second kappa shape index (κ2) is 4.20. The van der Waals surface area contributed by atoms with Crippen molar-refractivity contribution in [2.24, 2.45) is 0 Å². The third-order valence-electron chi connectivity index (χ3n) is 3.15. The van der Waals surface area contributed by atoms with E-state index in [1.807, 2.05) is 0 Å². The molecule has 2 rings (SSSR count). The van der Waals surface area contributed by atoms with Crippen molar-refractivity contribution in [3.05, 3.63) is 18.0 Å². The van der Waals surface area contributed by atoms with Crippen LogP contribution in [0.2, 0.25) is 0 Å². The number of aromatic nitrogens is 1. The van der Waals surface area contributed by atoms with Gasteiger partial charge in [0.1, 0.15) is 0 Å². The molecule has 1 fully saturated rings. The molecule has 2 N–H and O–H groups in total. The first kappa shape index (κ1) is 11.6. The number of aromatic amines is 1. The summed E-state index contributed by atoms with van der Waals surface area (Å²) in [6.45, 7) is -0.178. The molecule has 0 aliphatic heterocycles. The zero-order valence-electron chi connectivity index (χ0n) is 9.18. The Bertz CT molecular complexity index is 462. The summed E-state index contributed by atoms with van der Waals surface area (Å²) in [5.74, 6) is 0. The zero-order valence-corrected chi connectivity index (χ0v) is 10.00. The Morgan fingerprint density at radius 3 is 2.69 bits per heavy atom. The van der Waals surface area contributed by atoms with Crippen LogP contribution < -0.4 is 0 Å². The lowest BCUT2D eigenvalue weighted by Gasteiger charge is -2.33. The Balaban J connectivity index is 2.23. The summed E-state index contributed by atoms with van der Waals surface area (Å²) in [6.07, 6.45) is 4.40. The van der Waals surface area contributed by atoms with Gasteiger partial charge in [0.25, 0.3) is 0 Å². The fraction of sp³-hybridized carbons (Fsp3) is 0.600. The zero-order chi connectivity index (χ0) is 11.8. The molecular weight excluding hydrogens is 228 g/mol. The average Bonchev–Trinajstić information content (AvgIpc) is 2.63. The molecule has 0 bridgehead atoms. The topological polar surface area (TPSA) is 73.4 Å². The van der Waals surface area contributed by atoms with E-state index in [2.05, 4.69) is 4.98 Å². The van der Waals surface area contributed by atoms with Crippen molar-refractivity contribution in [3.63, 3.8) is 0 Å². The van der Waals surface area contributed by atoms with Crippen LogP contribution in [-0.2, 0) is 16.6 Å². The molecule has 16 heavy (non-hydrogen) atoms. The number of hydrogen-bond acceptors (Lipinski definition) is 3. The molecule has 1 aliphatic carbocycles. The first-order chi connectivity index (χ1) is 7.55. The van der Waals surface area contributed by atoms with E-state index < -0.39 is 10.0 Å². The molecule has 0 amide bonds. The maximum Gasteiger partial charge on any atom is 0.244 e. The third kappa shape index (κ3) is 1.88. The van der Waals surface area contributed by atoms with Crippen LogP contribution in [-0.4, -0.2) is 35.9 Å².